The molecule has 1 aliphatic carbocycles. The fourth-order valence-corrected chi connectivity index (χ4v) is 9.00. The van der Waals surface area contributed by atoms with E-state index >= 15 is 0 Å². The van der Waals surface area contributed by atoms with Gasteiger partial charge in [-0.05, 0) is 62.3 Å². The minimum atomic E-state index is -1.17. The van der Waals surface area contributed by atoms with Gasteiger partial charge in [-0.1, -0.05) is 59.3 Å². The summed E-state index contributed by atoms with van der Waals surface area (Å²) in [6, 6.07) is -0.592. The summed E-state index contributed by atoms with van der Waals surface area (Å²) in [7, 11) is 3.63. The number of nitrogens with two attached hydrogens (primary N) is 1. The number of amides is 2. The molecular formula is C36H62FN7O2. The highest BCUT2D eigenvalue weighted by atomic mass is 19.1. The molecule has 260 valence electrons. The maximum Gasteiger partial charge on any atom is 0.237 e. The number of hydrogen-bond donors (Lipinski definition) is 3. The summed E-state index contributed by atoms with van der Waals surface area (Å²) in [6.07, 6.45) is 13.4. The van der Waals surface area contributed by atoms with Crippen LogP contribution in [0.1, 0.15) is 111 Å². The van der Waals surface area contributed by atoms with Gasteiger partial charge in [-0.2, -0.15) is 0 Å². The predicted octanol–water partition coefficient (Wildman–Crippen LogP) is 5.50. The van der Waals surface area contributed by atoms with Crippen molar-refractivity contribution >= 4 is 23.9 Å². The minimum Gasteiger partial charge on any atom is -0.387 e. The molecule has 5 unspecified atom stereocenters. The number of aliphatic imine (C=N–C) groups is 1. The van der Waals surface area contributed by atoms with Crippen LogP contribution in [0.2, 0.25) is 0 Å². The Morgan fingerprint density at radius 2 is 1.87 bits per heavy atom. The van der Waals surface area contributed by atoms with Gasteiger partial charge in [0.05, 0.1) is 17.7 Å². The number of rotatable bonds is 12. The molecule has 1 saturated carbocycles. The normalized spacial score (nSPS) is 30.0. The van der Waals surface area contributed by atoms with Crippen LogP contribution in [0.3, 0.4) is 0 Å². The first kappa shape index (κ1) is 36.3. The van der Waals surface area contributed by atoms with Gasteiger partial charge in [-0.15, -0.1) is 0 Å². The second-order valence-corrected chi connectivity index (χ2v) is 15.0. The Kier molecular flexibility index (Phi) is 12.7. The molecule has 1 saturated heterocycles. The Balaban J connectivity index is 1.68. The topological polar surface area (TPSA) is 118 Å². The average Bonchev–Trinajstić information content (AvgIpc) is 3.54. The molecule has 3 heterocycles. The SMILES string of the molecule is CCCCCCN1CCC(N2CCCC(C(=O)N(C)C)C2)=C(NC(=O)C(C(=N)N)C2/N=C\C(F)CCC(C)(CC)C23CCCC3)C1. The Labute approximate surface area is 277 Å². The number of alkyl halides is 1. The molecule has 10 heteroatoms. The van der Waals surface area contributed by atoms with Gasteiger partial charge in [0.15, 0.2) is 0 Å². The summed E-state index contributed by atoms with van der Waals surface area (Å²) < 4.78 is 15.0. The summed E-state index contributed by atoms with van der Waals surface area (Å²) in [6.45, 7) is 10.6. The third-order valence-corrected chi connectivity index (χ3v) is 11.9. The Morgan fingerprint density at radius 3 is 2.52 bits per heavy atom. The van der Waals surface area contributed by atoms with E-state index in [4.69, 9.17) is 16.1 Å². The zero-order valence-corrected chi connectivity index (χ0v) is 29.4. The standard InChI is InChI=1S/C36H62FN7O2/c1-6-8-9-12-20-43-22-16-29(44-21-13-14-26(24-44)34(46)42(4)5)28(25-43)41-33(45)30(32(38)39)31-36(17-10-11-18-36)35(3,7-2)19-15-27(37)23-40-31/h23,26-27,30-31H,6-22,24-25H2,1-5H3,(H3,38,39)(H,41,45)/b40-23-. The number of carbonyl (C=O) groups is 2. The van der Waals surface area contributed by atoms with Crippen LogP contribution in [0.15, 0.2) is 16.4 Å². The third kappa shape index (κ3) is 7.96. The first-order chi connectivity index (χ1) is 22.0. The van der Waals surface area contributed by atoms with E-state index < -0.39 is 18.1 Å². The fraction of sp³-hybridized carbons (Fsp3) is 0.833. The maximum absolute atomic E-state index is 15.0. The minimum absolute atomic E-state index is 0.0721. The van der Waals surface area contributed by atoms with Crippen molar-refractivity contribution in [1.29, 1.82) is 5.41 Å². The molecule has 4 aliphatic rings. The predicted molar refractivity (Wildman–Crippen MR) is 184 cm³/mol. The van der Waals surface area contributed by atoms with Crippen LogP contribution in [0, 0.1) is 28.1 Å². The molecule has 0 aromatic carbocycles. The number of unbranched alkanes of at least 4 members (excludes halogenated alkanes) is 3. The highest BCUT2D eigenvalue weighted by Crippen LogP contribution is 2.60. The lowest BCUT2D eigenvalue weighted by molar-refractivity contribution is -0.134. The Morgan fingerprint density at radius 1 is 1.13 bits per heavy atom. The van der Waals surface area contributed by atoms with Crippen LogP contribution in [0.25, 0.3) is 0 Å². The molecule has 3 aliphatic heterocycles. The van der Waals surface area contributed by atoms with E-state index in [1.54, 1.807) is 4.90 Å². The highest BCUT2D eigenvalue weighted by Gasteiger charge is 2.57. The van der Waals surface area contributed by atoms with Crippen molar-refractivity contribution in [2.75, 3.05) is 46.8 Å². The number of halogens is 1. The molecule has 4 rings (SSSR count). The van der Waals surface area contributed by atoms with Crippen LogP contribution in [0.5, 0.6) is 0 Å². The van der Waals surface area contributed by atoms with E-state index in [1.165, 1.54) is 25.5 Å². The number of likely N-dealkylation sites (tertiary alicyclic amines) is 1. The third-order valence-electron chi connectivity index (χ3n) is 11.9. The average molecular weight is 644 g/mol. The van der Waals surface area contributed by atoms with E-state index in [-0.39, 0.29) is 34.4 Å². The molecule has 1 spiro atoms. The number of nitrogens with one attached hydrogen (secondary N) is 2. The second kappa shape index (κ2) is 16.1. The Hall–Kier alpha value is -2.49. The van der Waals surface area contributed by atoms with Crippen molar-refractivity contribution in [3.05, 3.63) is 11.4 Å². The lowest BCUT2D eigenvalue weighted by atomic mass is 9.54. The molecule has 0 aromatic rings. The fourth-order valence-electron chi connectivity index (χ4n) is 9.00. The van der Waals surface area contributed by atoms with Crippen LogP contribution in [-0.4, -0.2) is 97.6 Å². The largest absolute Gasteiger partial charge is 0.387 e. The second-order valence-electron chi connectivity index (χ2n) is 15.0. The number of nitrogens with zero attached hydrogens (tertiary/aromatic N) is 4. The summed E-state index contributed by atoms with van der Waals surface area (Å²) in [5.74, 6) is -1.42. The van der Waals surface area contributed by atoms with Crippen molar-refractivity contribution < 1.29 is 14.0 Å². The van der Waals surface area contributed by atoms with Gasteiger partial charge in [0, 0.05) is 58.6 Å². The maximum atomic E-state index is 15.0. The molecule has 2 fully saturated rings. The van der Waals surface area contributed by atoms with Crippen LogP contribution < -0.4 is 11.1 Å². The lowest BCUT2D eigenvalue weighted by Gasteiger charge is -2.52. The zero-order valence-electron chi connectivity index (χ0n) is 29.4. The monoisotopic (exact) mass is 643 g/mol. The molecular weight excluding hydrogens is 581 g/mol. The van der Waals surface area contributed by atoms with E-state index in [0.717, 1.165) is 95.2 Å². The van der Waals surface area contributed by atoms with Gasteiger partial charge in [0.25, 0.3) is 0 Å². The highest BCUT2D eigenvalue weighted by molar-refractivity contribution is 6.02. The summed E-state index contributed by atoms with van der Waals surface area (Å²) >= 11 is 0. The smallest absolute Gasteiger partial charge is 0.237 e. The quantitative estimate of drug-likeness (QED) is 0.148. The Bertz CT molecular complexity index is 1130. The zero-order chi connectivity index (χ0) is 33.5. The molecule has 0 radical (unpaired) electrons. The van der Waals surface area contributed by atoms with Crippen LogP contribution in [0.4, 0.5) is 4.39 Å². The van der Waals surface area contributed by atoms with E-state index in [1.807, 2.05) is 14.1 Å². The number of piperidine rings is 1. The number of hydrogen-bond acceptors (Lipinski definition) is 6. The van der Waals surface area contributed by atoms with E-state index in [0.29, 0.717) is 19.5 Å². The first-order valence-electron chi connectivity index (χ1n) is 18.2. The van der Waals surface area contributed by atoms with E-state index in [2.05, 4.69) is 35.9 Å². The van der Waals surface area contributed by atoms with Gasteiger partial charge in [0.1, 0.15) is 17.9 Å². The van der Waals surface area contributed by atoms with E-state index in [9.17, 15) is 14.0 Å². The van der Waals surface area contributed by atoms with Crippen LogP contribution >= 0.6 is 0 Å². The summed E-state index contributed by atoms with van der Waals surface area (Å²) in [4.78, 5) is 38.7. The van der Waals surface area contributed by atoms with Crippen molar-refractivity contribution in [1.82, 2.24) is 20.0 Å². The summed E-state index contributed by atoms with van der Waals surface area (Å²) in [5.41, 5.74) is 7.74. The van der Waals surface area contributed by atoms with Crippen LogP contribution in [-0.2, 0) is 9.59 Å². The molecule has 9 nitrogen and oxygen atoms in total. The van der Waals surface area contributed by atoms with Crippen molar-refractivity contribution in [3.8, 4) is 0 Å². The number of carbonyl (C=O) groups excluding carboxylic acids is 2. The van der Waals surface area contributed by atoms with Crippen molar-refractivity contribution in [2.45, 2.75) is 123 Å². The van der Waals surface area contributed by atoms with Gasteiger partial charge in [-0.25, -0.2) is 4.39 Å². The van der Waals surface area contributed by atoms with Gasteiger partial charge in [-0.3, -0.25) is 24.9 Å². The number of amidine groups is 1. The summed E-state index contributed by atoms with van der Waals surface area (Å²) in [5, 5.41) is 12.1. The lowest BCUT2D eigenvalue weighted by Crippen LogP contribution is -2.57. The van der Waals surface area contributed by atoms with Crippen molar-refractivity contribution in [2.24, 2.45) is 33.4 Å². The molecule has 0 aromatic heterocycles. The molecule has 4 N–H and O–H groups in total. The molecule has 46 heavy (non-hydrogen) atoms. The van der Waals surface area contributed by atoms with Gasteiger partial charge >= 0.3 is 0 Å². The molecule has 5 atom stereocenters. The van der Waals surface area contributed by atoms with Gasteiger partial charge in [0.2, 0.25) is 11.8 Å². The molecule has 0 bridgehead atoms. The van der Waals surface area contributed by atoms with Gasteiger partial charge < -0.3 is 20.9 Å². The molecule has 2 amide bonds. The van der Waals surface area contributed by atoms with Crippen molar-refractivity contribution in [3.63, 3.8) is 0 Å². The first-order valence-corrected chi connectivity index (χ1v) is 18.2.